The second kappa shape index (κ2) is 12.4. The molecule has 2 aromatic rings. The van der Waals surface area contributed by atoms with Gasteiger partial charge in [-0.1, -0.05) is 36.4 Å². The van der Waals surface area contributed by atoms with Crippen LogP contribution in [0.15, 0.2) is 53.5 Å². The summed E-state index contributed by atoms with van der Waals surface area (Å²) in [5.74, 6) is 0.112. The van der Waals surface area contributed by atoms with Gasteiger partial charge in [0.05, 0.1) is 6.61 Å². The van der Waals surface area contributed by atoms with E-state index in [0.717, 1.165) is 11.1 Å². The average molecular weight is 536 g/mol. The SMILES string of the molecule is CN=C(NCc1ccc(COCC(F)(F)F)cc1)NCc1ccc(C(N)=O)cc1.I. The van der Waals surface area contributed by atoms with Crippen molar-refractivity contribution in [3.05, 3.63) is 70.8 Å². The van der Waals surface area contributed by atoms with E-state index in [2.05, 4.69) is 20.4 Å². The van der Waals surface area contributed by atoms with Gasteiger partial charge in [-0.2, -0.15) is 13.2 Å². The summed E-state index contributed by atoms with van der Waals surface area (Å²) >= 11 is 0. The molecule has 0 radical (unpaired) electrons. The van der Waals surface area contributed by atoms with E-state index in [0.29, 0.717) is 30.2 Å². The van der Waals surface area contributed by atoms with Crippen LogP contribution in [0.3, 0.4) is 0 Å². The Kier molecular flexibility index (Phi) is 10.6. The minimum absolute atomic E-state index is 0. The summed E-state index contributed by atoms with van der Waals surface area (Å²) in [6, 6.07) is 14.0. The third-order valence-corrected chi connectivity index (χ3v) is 3.94. The van der Waals surface area contributed by atoms with Crippen molar-refractivity contribution in [2.24, 2.45) is 10.7 Å². The number of hydrogen-bond acceptors (Lipinski definition) is 3. The predicted octanol–water partition coefficient (Wildman–Crippen LogP) is 3.35. The van der Waals surface area contributed by atoms with Crippen LogP contribution in [0, 0.1) is 0 Å². The number of alkyl halides is 3. The van der Waals surface area contributed by atoms with Crippen molar-refractivity contribution in [2.45, 2.75) is 25.9 Å². The third-order valence-electron chi connectivity index (χ3n) is 3.94. The largest absolute Gasteiger partial charge is 0.411 e. The standard InChI is InChI=1S/C20H23F3N4O2.HI/c1-25-19(27-11-15-6-8-17(9-7-15)18(24)28)26-10-14-2-4-16(5-3-14)12-29-13-20(21,22)23;/h2-9H,10-13H2,1H3,(H2,24,28)(H2,25,26,27);1H. The Morgan fingerprint density at radius 1 is 0.967 bits per heavy atom. The van der Waals surface area contributed by atoms with Gasteiger partial charge in [-0.25, -0.2) is 0 Å². The number of carbonyl (C=O) groups excluding carboxylic acids is 1. The highest BCUT2D eigenvalue weighted by molar-refractivity contribution is 14.0. The van der Waals surface area contributed by atoms with Gasteiger partial charge in [0.2, 0.25) is 5.91 Å². The highest BCUT2D eigenvalue weighted by Crippen LogP contribution is 2.15. The van der Waals surface area contributed by atoms with Gasteiger partial charge in [0.15, 0.2) is 5.96 Å². The van der Waals surface area contributed by atoms with Crippen molar-refractivity contribution < 1.29 is 22.7 Å². The Hall–Kier alpha value is -2.34. The number of aliphatic imine (C=N–C) groups is 1. The summed E-state index contributed by atoms with van der Waals surface area (Å²) in [4.78, 5) is 15.2. The summed E-state index contributed by atoms with van der Waals surface area (Å²) < 4.78 is 40.9. The second-order valence-corrected chi connectivity index (χ2v) is 6.26. The highest BCUT2D eigenvalue weighted by Gasteiger charge is 2.27. The van der Waals surface area contributed by atoms with E-state index in [1.807, 2.05) is 12.1 Å². The van der Waals surface area contributed by atoms with Crippen LogP contribution in [0.5, 0.6) is 0 Å². The van der Waals surface area contributed by atoms with Crippen LogP contribution in [0.1, 0.15) is 27.0 Å². The van der Waals surface area contributed by atoms with E-state index in [1.165, 1.54) is 0 Å². The predicted molar refractivity (Wildman–Crippen MR) is 120 cm³/mol. The fourth-order valence-corrected chi connectivity index (χ4v) is 2.42. The normalized spacial score (nSPS) is 11.5. The summed E-state index contributed by atoms with van der Waals surface area (Å²) in [6.45, 7) is -0.354. The molecule has 30 heavy (non-hydrogen) atoms. The summed E-state index contributed by atoms with van der Waals surface area (Å²) in [7, 11) is 1.65. The van der Waals surface area contributed by atoms with Crippen LogP contribution in [-0.2, 0) is 24.4 Å². The van der Waals surface area contributed by atoms with Gasteiger partial charge in [-0.05, 0) is 28.8 Å². The van der Waals surface area contributed by atoms with E-state index >= 15 is 0 Å². The maximum Gasteiger partial charge on any atom is 0.411 e. The summed E-state index contributed by atoms with van der Waals surface area (Å²) in [5, 5.41) is 6.31. The first kappa shape index (κ1) is 25.7. The Bertz CT molecular complexity index is 825. The molecule has 2 aromatic carbocycles. The lowest BCUT2D eigenvalue weighted by Crippen LogP contribution is -2.36. The fourth-order valence-electron chi connectivity index (χ4n) is 2.42. The van der Waals surface area contributed by atoms with Crippen molar-refractivity contribution in [3.8, 4) is 0 Å². The van der Waals surface area contributed by atoms with Crippen molar-refractivity contribution in [1.82, 2.24) is 10.6 Å². The zero-order chi connectivity index (χ0) is 21.3. The zero-order valence-corrected chi connectivity index (χ0v) is 18.7. The number of hydrogen-bond donors (Lipinski definition) is 3. The van der Waals surface area contributed by atoms with E-state index < -0.39 is 18.7 Å². The number of carbonyl (C=O) groups is 1. The molecule has 0 aliphatic rings. The molecule has 0 heterocycles. The van der Waals surface area contributed by atoms with E-state index in [9.17, 15) is 18.0 Å². The van der Waals surface area contributed by atoms with Crippen LogP contribution < -0.4 is 16.4 Å². The van der Waals surface area contributed by atoms with Crippen molar-refractivity contribution in [3.63, 3.8) is 0 Å². The topological polar surface area (TPSA) is 88.7 Å². The lowest BCUT2D eigenvalue weighted by Gasteiger charge is -2.13. The first-order valence-corrected chi connectivity index (χ1v) is 8.82. The number of rotatable bonds is 8. The Labute approximate surface area is 190 Å². The minimum Gasteiger partial charge on any atom is -0.367 e. The molecule has 0 aliphatic carbocycles. The number of ether oxygens (including phenoxy) is 1. The van der Waals surface area contributed by atoms with E-state index in [1.54, 1.807) is 43.4 Å². The molecule has 0 atom stereocenters. The number of halogens is 4. The van der Waals surface area contributed by atoms with Gasteiger partial charge < -0.3 is 21.1 Å². The molecule has 0 unspecified atom stereocenters. The Balaban J connectivity index is 0.00000450. The van der Waals surface area contributed by atoms with Gasteiger partial charge in [-0.3, -0.25) is 9.79 Å². The Morgan fingerprint density at radius 2 is 1.43 bits per heavy atom. The van der Waals surface area contributed by atoms with Crippen molar-refractivity contribution in [1.29, 1.82) is 0 Å². The number of amides is 1. The quantitative estimate of drug-likeness (QED) is 0.275. The van der Waals surface area contributed by atoms with Crippen LogP contribution >= 0.6 is 24.0 Å². The van der Waals surface area contributed by atoms with Gasteiger partial charge in [0.1, 0.15) is 6.61 Å². The molecule has 0 fully saturated rings. The van der Waals surface area contributed by atoms with Gasteiger partial charge in [0, 0.05) is 25.7 Å². The molecular weight excluding hydrogens is 512 g/mol. The molecule has 6 nitrogen and oxygen atoms in total. The molecule has 2 rings (SSSR count). The summed E-state index contributed by atoms with van der Waals surface area (Å²) in [5.41, 5.74) is 8.23. The molecule has 0 saturated heterocycles. The molecule has 0 spiro atoms. The molecule has 10 heteroatoms. The molecule has 0 saturated carbocycles. The van der Waals surface area contributed by atoms with Gasteiger partial charge in [-0.15, -0.1) is 24.0 Å². The molecule has 0 aliphatic heterocycles. The fraction of sp³-hybridized carbons (Fsp3) is 0.300. The monoisotopic (exact) mass is 536 g/mol. The van der Waals surface area contributed by atoms with Crippen LogP contribution in [0.2, 0.25) is 0 Å². The first-order chi connectivity index (χ1) is 13.8. The lowest BCUT2D eigenvalue weighted by atomic mass is 10.1. The smallest absolute Gasteiger partial charge is 0.367 e. The highest BCUT2D eigenvalue weighted by atomic mass is 127. The maximum absolute atomic E-state index is 12.1. The van der Waals surface area contributed by atoms with Crippen molar-refractivity contribution in [2.75, 3.05) is 13.7 Å². The number of nitrogens with one attached hydrogen (secondary N) is 2. The lowest BCUT2D eigenvalue weighted by molar-refractivity contribution is -0.176. The molecule has 1 amide bonds. The first-order valence-electron chi connectivity index (χ1n) is 8.82. The number of guanidine groups is 1. The Morgan fingerprint density at radius 3 is 1.87 bits per heavy atom. The average Bonchev–Trinajstić information content (AvgIpc) is 2.68. The maximum atomic E-state index is 12.1. The van der Waals surface area contributed by atoms with Crippen LogP contribution in [-0.4, -0.2) is 31.7 Å². The number of primary amides is 1. The molecular formula is C20H24F3IN4O2. The minimum atomic E-state index is -4.32. The van der Waals surface area contributed by atoms with Crippen molar-refractivity contribution >= 4 is 35.8 Å². The summed E-state index contributed by atoms with van der Waals surface area (Å²) in [6.07, 6.45) is -4.32. The number of nitrogens with zero attached hydrogens (tertiary/aromatic N) is 1. The van der Waals surface area contributed by atoms with E-state index in [4.69, 9.17) is 5.73 Å². The second-order valence-electron chi connectivity index (χ2n) is 6.26. The van der Waals surface area contributed by atoms with Gasteiger partial charge >= 0.3 is 6.18 Å². The molecule has 0 aromatic heterocycles. The van der Waals surface area contributed by atoms with Gasteiger partial charge in [0.25, 0.3) is 0 Å². The number of benzene rings is 2. The number of nitrogens with two attached hydrogens (primary N) is 1. The third kappa shape index (κ3) is 9.44. The van der Waals surface area contributed by atoms with E-state index in [-0.39, 0.29) is 30.6 Å². The molecule has 4 N–H and O–H groups in total. The molecule has 164 valence electrons. The zero-order valence-electron chi connectivity index (χ0n) is 16.3. The van der Waals surface area contributed by atoms with Crippen LogP contribution in [0.25, 0.3) is 0 Å². The van der Waals surface area contributed by atoms with Crippen LogP contribution in [0.4, 0.5) is 13.2 Å². The molecule has 0 bridgehead atoms.